The van der Waals surface area contributed by atoms with Crippen molar-refractivity contribution in [2.75, 3.05) is 31.5 Å². The molecule has 2 aromatic rings. The van der Waals surface area contributed by atoms with Gasteiger partial charge in [0.05, 0.1) is 4.90 Å². The number of nitrogens with one attached hydrogen (secondary N) is 2. The average Bonchev–Trinajstić information content (AvgIpc) is 3.10. The molecule has 2 aromatic carbocycles. The molecule has 0 saturated heterocycles. The molecule has 1 aliphatic rings. The molecule has 0 aliphatic carbocycles. The molecular weight excluding hydrogens is 382 g/mol. The van der Waals surface area contributed by atoms with Crippen LogP contribution in [0.2, 0.25) is 0 Å². The van der Waals surface area contributed by atoms with Crippen LogP contribution < -0.4 is 20.1 Å². The van der Waals surface area contributed by atoms with Gasteiger partial charge >= 0.3 is 0 Å². The lowest BCUT2D eigenvalue weighted by Gasteiger charge is -2.18. The Balaban J connectivity index is 1.73. The maximum Gasteiger partial charge on any atom is 0.246 e. The van der Waals surface area contributed by atoms with Gasteiger partial charge in [-0.15, -0.1) is 0 Å². The van der Waals surface area contributed by atoms with Gasteiger partial charge in [0.15, 0.2) is 11.5 Å². The first-order valence-electron chi connectivity index (χ1n) is 8.68. The molecule has 1 aliphatic heterocycles. The summed E-state index contributed by atoms with van der Waals surface area (Å²) in [6, 6.07) is 9.43. The normalized spacial score (nSPS) is 14.0. The van der Waals surface area contributed by atoms with Crippen LogP contribution in [0.4, 0.5) is 11.4 Å². The van der Waals surface area contributed by atoms with Crippen molar-refractivity contribution in [2.45, 2.75) is 24.8 Å². The van der Waals surface area contributed by atoms with Crippen LogP contribution in [-0.2, 0) is 14.8 Å². The van der Waals surface area contributed by atoms with Crippen LogP contribution in [0, 0.1) is 6.92 Å². The van der Waals surface area contributed by atoms with E-state index in [9.17, 15) is 13.2 Å². The molecule has 150 valence electrons. The van der Waals surface area contributed by atoms with E-state index in [4.69, 9.17) is 9.47 Å². The first-order chi connectivity index (χ1) is 13.2. The second-order valence-corrected chi connectivity index (χ2v) is 8.84. The van der Waals surface area contributed by atoms with Gasteiger partial charge in [-0.1, -0.05) is 6.07 Å². The minimum atomic E-state index is -3.59. The second-order valence-electron chi connectivity index (χ2n) is 6.69. The first kappa shape index (κ1) is 20.0. The van der Waals surface area contributed by atoms with Gasteiger partial charge in [-0.05, 0) is 43.7 Å². The molecule has 0 spiro atoms. The number of fused-ring (bicyclic) bond motifs is 1. The predicted molar refractivity (Wildman–Crippen MR) is 106 cm³/mol. The second kappa shape index (κ2) is 7.69. The van der Waals surface area contributed by atoms with Crippen LogP contribution in [0.1, 0.15) is 12.5 Å². The lowest BCUT2D eigenvalue weighted by atomic mass is 10.2. The van der Waals surface area contributed by atoms with Gasteiger partial charge < -0.3 is 20.1 Å². The summed E-state index contributed by atoms with van der Waals surface area (Å²) < 4.78 is 36.4. The third-order valence-electron chi connectivity index (χ3n) is 4.39. The number of carbonyl (C=O) groups is 1. The number of nitrogens with zero attached hydrogens (tertiary/aromatic N) is 1. The predicted octanol–water partition coefficient (Wildman–Crippen LogP) is 2.41. The van der Waals surface area contributed by atoms with E-state index in [2.05, 4.69) is 10.6 Å². The van der Waals surface area contributed by atoms with Crippen molar-refractivity contribution in [3.05, 3.63) is 42.0 Å². The summed E-state index contributed by atoms with van der Waals surface area (Å²) in [5.41, 5.74) is 1.93. The summed E-state index contributed by atoms with van der Waals surface area (Å²) in [4.78, 5) is 12.7. The highest BCUT2D eigenvalue weighted by atomic mass is 32.2. The number of hydrogen-bond donors (Lipinski definition) is 2. The van der Waals surface area contributed by atoms with Crippen LogP contribution in [0.15, 0.2) is 41.3 Å². The van der Waals surface area contributed by atoms with Crippen molar-refractivity contribution < 1.29 is 22.7 Å². The summed E-state index contributed by atoms with van der Waals surface area (Å²) in [5.74, 6) is 0.993. The zero-order chi connectivity index (χ0) is 20.5. The molecule has 9 heteroatoms. The molecule has 0 bridgehead atoms. The lowest BCUT2D eigenvalue weighted by Crippen LogP contribution is -2.32. The Bertz CT molecular complexity index is 1000. The largest absolute Gasteiger partial charge is 0.454 e. The van der Waals surface area contributed by atoms with E-state index < -0.39 is 16.1 Å². The fourth-order valence-electron chi connectivity index (χ4n) is 2.65. The molecule has 3 rings (SSSR count). The molecule has 1 atom stereocenters. The van der Waals surface area contributed by atoms with Crippen LogP contribution in [0.5, 0.6) is 11.5 Å². The number of amides is 1. The number of hydrogen-bond acceptors (Lipinski definition) is 6. The van der Waals surface area contributed by atoms with Crippen molar-refractivity contribution in [1.29, 1.82) is 0 Å². The first-order valence-corrected chi connectivity index (χ1v) is 10.1. The van der Waals surface area contributed by atoms with Gasteiger partial charge in [0.25, 0.3) is 0 Å². The van der Waals surface area contributed by atoms with Gasteiger partial charge in [-0.2, -0.15) is 0 Å². The third kappa shape index (κ3) is 4.05. The quantitative estimate of drug-likeness (QED) is 0.766. The van der Waals surface area contributed by atoms with E-state index in [1.165, 1.54) is 26.2 Å². The van der Waals surface area contributed by atoms with E-state index in [0.29, 0.717) is 22.9 Å². The number of benzene rings is 2. The number of anilines is 2. The molecule has 0 unspecified atom stereocenters. The van der Waals surface area contributed by atoms with Crippen LogP contribution in [0.25, 0.3) is 0 Å². The molecule has 1 amide bonds. The van der Waals surface area contributed by atoms with E-state index in [1.807, 2.05) is 0 Å². The maximum absolute atomic E-state index is 12.6. The average molecular weight is 405 g/mol. The van der Waals surface area contributed by atoms with Crippen LogP contribution in [-0.4, -0.2) is 45.6 Å². The Kier molecular flexibility index (Phi) is 5.48. The topological polar surface area (TPSA) is 97.0 Å². The molecule has 0 aromatic heterocycles. The Labute approximate surface area is 164 Å². The number of carbonyl (C=O) groups excluding carboxylic acids is 1. The molecule has 28 heavy (non-hydrogen) atoms. The van der Waals surface area contributed by atoms with Crippen LogP contribution >= 0.6 is 0 Å². The van der Waals surface area contributed by atoms with Crippen molar-refractivity contribution in [1.82, 2.24) is 4.31 Å². The van der Waals surface area contributed by atoms with Crippen molar-refractivity contribution >= 4 is 27.3 Å². The smallest absolute Gasteiger partial charge is 0.246 e. The minimum Gasteiger partial charge on any atom is -0.454 e. The summed E-state index contributed by atoms with van der Waals surface area (Å²) in [6.07, 6.45) is 0. The summed E-state index contributed by atoms with van der Waals surface area (Å²) >= 11 is 0. The highest BCUT2D eigenvalue weighted by Crippen LogP contribution is 2.34. The monoisotopic (exact) mass is 405 g/mol. The van der Waals surface area contributed by atoms with E-state index in [1.54, 1.807) is 38.1 Å². The van der Waals surface area contributed by atoms with Gasteiger partial charge in [0.2, 0.25) is 22.7 Å². The van der Waals surface area contributed by atoms with Crippen molar-refractivity contribution in [2.24, 2.45) is 0 Å². The summed E-state index contributed by atoms with van der Waals surface area (Å²) in [7, 11) is -0.660. The van der Waals surface area contributed by atoms with Crippen LogP contribution in [0.3, 0.4) is 0 Å². The highest BCUT2D eigenvalue weighted by Gasteiger charge is 2.20. The molecule has 2 N–H and O–H groups in total. The van der Waals surface area contributed by atoms with Gasteiger partial charge in [0.1, 0.15) is 6.04 Å². The zero-order valence-electron chi connectivity index (χ0n) is 16.1. The van der Waals surface area contributed by atoms with E-state index in [0.717, 1.165) is 9.87 Å². The molecule has 0 fully saturated rings. The van der Waals surface area contributed by atoms with Gasteiger partial charge in [-0.3, -0.25) is 4.79 Å². The van der Waals surface area contributed by atoms with Crippen molar-refractivity contribution in [3.63, 3.8) is 0 Å². The number of aryl methyl sites for hydroxylation is 1. The minimum absolute atomic E-state index is 0.120. The Morgan fingerprint density at radius 3 is 2.54 bits per heavy atom. The summed E-state index contributed by atoms with van der Waals surface area (Å²) in [6.45, 7) is 3.70. The number of ether oxygens (including phenoxy) is 2. The SMILES string of the molecule is Cc1ccc(S(=O)(=O)N(C)C)cc1NC(=O)[C@@H](C)Nc1ccc2c(c1)OCO2. The Hall–Kier alpha value is -2.78. The molecule has 1 heterocycles. The highest BCUT2D eigenvalue weighted by molar-refractivity contribution is 7.89. The molecule has 0 saturated carbocycles. The van der Waals surface area contributed by atoms with E-state index in [-0.39, 0.29) is 17.6 Å². The van der Waals surface area contributed by atoms with Gasteiger partial charge in [0, 0.05) is 31.5 Å². The zero-order valence-corrected chi connectivity index (χ0v) is 17.0. The standard InChI is InChI=1S/C19H23N3O5S/c1-12-5-7-15(28(24,25)22(3)4)10-16(12)21-19(23)13(2)20-14-6-8-17-18(9-14)27-11-26-17/h5-10,13,20H,11H2,1-4H3,(H,21,23)/t13-/m1/s1. The fourth-order valence-corrected chi connectivity index (χ4v) is 3.58. The lowest BCUT2D eigenvalue weighted by molar-refractivity contribution is -0.116. The van der Waals surface area contributed by atoms with Gasteiger partial charge in [-0.25, -0.2) is 12.7 Å². The Morgan fingerprint density at radius 1 is 1.11 bits per heavy atom. The third-order valence-corrected chi connectivity index (χ3v) is 6.21. The number of rotatable bonds is 6. The van der Waals surface area contributed by atoms with Crippen molar-refractivity contribution in [3.8, 4) is 11.5 Å². The number of sulfonamides is 1. The molecular formula is C19H23N3O5S. The summed E-state index contributed by atoms with van der Waals surface area (Å²) in [5, 5.41) is 5.89. The molecule has 0 radical (unpaired) electrons. The van der Waals surface area contributed by atoms with E-state index >= 15 is 0 Å². The fraction of sp³-hybridized carbons (Fsp3) is 0.316. The Morgan fingerprint density at radius 2 is 1.82 bits per heavy atom. The maximum atomic E-state index is 12.6. The molecule has 8 nitrogen and oxygen atoms in total.